The molecule has 2 aliphatic heterocycles. The molecule has 0 bridgehead atoms. The second kappa shape index (κ2) is 10.8. The first kappa shape index (κ1) is 21.1. The predicted molar refractivity (Wildman–Crippen MR) is 118 cm³/mol. The highest BCUT2D eigenvalue weighted by Crippen LogP contribution is 2.52. The highest BCUT2D eigenvalue weighted by atomic mass is 16.5. The molecule has 0 amide bonds. The van der Waals surface area contributed by atoms with Gasteiger partial charge in [0.1, 0.15) is 5.75 Å². The van der Waals surface area contributed by atoms with Gasteiger partial charge in [0.15, 0.2) is 0 Å². The van der Waals surface area contributed by atoms with E-state index in [0.29, 0.717) is 0 Å². The number of nitrogens with zero attached hydrogens (tertiary/aromatic N) is 2. The summed E-state index contributed by atoms with van der Waals surface area (Å²) in [6, 6.07) is 8.72. The van der Waals surface area contributed by atoms with Crippen molar-refractivity contribution in [3.05, 3.63) is 29.8 Å². The molecule has 4 rings (SSSR count). The molecule has 2 saturated heterocycles. The number of likely N-dealkylation sites (tertiary alicyclic amines) is 2. The summed E-state index contributed by atoms with van der Waals surface area (Å²) in [7, 11) is 0. The lowest BCUT2D eigenvalue weighted by Gasteiger charge is -2.26. The number of rotatable bonds is 12. The van der Waals surface area contributed by atoms with E-state index in [2.05, 4.69) is 41.0 Å². The van der Waals surface area contributed by atoms with E-state index < -0.39 is 0 Å². The Morgan fingerprint density at radius 2 is 1.66 bits per heavy atom. The monoisotopic (exact) mass is 400 g/mol. The summed E-state index contributed by atoms with van der Waals surface area (Å²) in [4.78, 5) is 5.23. The largest absolute Gasteiger partial charge is 0.494 e. The number of fused-ring (bicyclic) bond motifs is 1. The first-order valence-electron chi connectivity index (χ1n) is 12.1. The summed E-state index contributed by atoms with van der Waals surface area (Å²) in [6.07, 6.45) is 7.71. The molecule has 3 atom stereocenters. The number of hydrogen-bond donors (Lipinski definition) is 0. The Hall–Kier alpha value is -1.10. The molecular weight excluding hydrogens is 360 g/mol. The molecule has 0 aromatic heterocycles. The first-order chi connectivity index (χ1) is 14.3. The van der Waals surface area contributed by atoms with Crippen molar-refractivity contribution in [3.63, 3.8) is 0 Å². The third-order valence-corrected chi connectivity index (χ3v) is 7.07. The van der Waals surface area contributed by atoms with E-state index in [9.17, 15) is 0 Å². The fourth-order valence-corrected chi connectivity index (χ4v) is 5.19. The van der Waals surface area contributed by atoms with Gasteiger partial charge in [-0.25, -0.2) is 0 Å². The van der Waals surface area contributed by atoms with Gasteiger partial charge in [0.05, 0.1) is 13.2 Å². The lowest BCUT2D eigenvalue weighted by molar-refractivity contribution is 0.0967. The van der Waals surface area contributed by atoms with Crippen LogP contribution in [0.25, 0.3) is 0 Å². The molecule has 4 nitrogen and oxygen atoms in total. The van der Waals surface area contributed by atoms with Gasteiger partial charge in [-0.15, -0.1) is 0 Å². The molecule has 162 valence electrons. The van der Waals surface area contributed by atoms with Crippen LogP contribution in [-0.2, 0) is 11.3 Å². The van der Waals surface area contributed by atoms with Crippen molar-refractivity contribution < 1.29 is 9.47 Å². The standard InChI is InChI=1S/C25H40N2O2/c1-2-3-16-29-22-10-8-21(9-11-22)17-27-18-23-24(19-27)25(23)20-28-15-7-14-26-12-5-4-6-13-26/h8-11,23-25H,2-7,12-20H2,1H3/t23-,24+,25?. The van der Waals surface area contributed by atoms with Gasteiger partial charge in [0.25, 0.3) is 0 Å². The van der Waals surface area contributed by atoms with Crippen LogP contribution >= 0.6 is 0 Å². The molecule has 3 fully saturated rings. The maximum absolute atomic E-state index is 6.03. The van der Waals surface area contributed by atoms with Crippen molar-refractivity contribution >= 4 is 0 Å². The molecule has 3 aliphatic rings. The van der Waals surface area contributed by atoms with E-state index in [0.717, 1.165) is 56.3 Å². The zero-order chi connectivity index (χ0) is 19.9. The third kappa shape index (κ3) is 6.19. The van der Waals surface area contributed by atoms with Gasteiger partial charge in [0.2, 0.25) is 0 Å². The van der Waals surface area contributed by atoms with Crippen LogP contribution in [0.2, 0.25) is 0 Å². The summed E-state index contributed by atoms with van der Waals surface area (Å²) >= 11 is 0. The molecule has 1 aromatic carbocycles. The second-order valence-electron chi connectivity index (χ2n) is 9.36. The average molecular weight is 401 g/mol. The maximum atomic E-state index is 6.03. The van der Waals surface area contributed by atoms with Crippen LogP contribution in [0, 0.1) is 17.8 Å². The summed E-state index contributed by atoms with van der Waals surface area (Å²) in [5.41, 5.74) is 1.40. The van der Waals surface area contributed by atoms with E-state index >= 15 is 0 Å². The van der Waals surface area contributed by atoms with E-state index in [1.54, 1.807) is 0 Å². The normalized spacial score (nSPS) is 27.1. The number of unbranched alkanes of at least 4 members (excludes halogenated alkanes) is 1. The number of ether oxygens (including phenoxy) is 2. The van der Waals surface area contributed by atoms with Crippen LogP contribution in [0.3, 0.4) is 0 Å². The fourth-order valence-electron chi connectivity index (χ4n) is 5.19. The van der Waals surface area contributed by atoms with Crippen molar-refractivity contribution in [1.82, 2.24) is 9.80 Å². The molecule has 4 heteroatoms. The van der Waals surface area contributed by atoms with Gasteiger partial charge in [-0.2, -0.15) is 0 Å². The number of benzene rings is 1. The Bertz CT molecular complexity index is 587. The predicted octanol–water partition coefficient (Wildman–Crippen LogP) is 4.44. The summed E-state index contributed by atoms with van der Waals surface area (Å²) in [5, 5.41) is 0. The molecule has 1 aromatic rings. The van der Waals surface area contributed by atoms with Crippen LogP contribution in [0.5, 0.6) is 5.75 Å². The molecular formula is C25H40N2O2. The zero-order valence-electron chi connectivity index (χ0n) is 18.4. The Kier molecular flexibility index (Phi) is 7.87. The SMILES string of the molecule is CCCCOc1ccc(CN2C[C@@H]3C(COCCCN4CCCCC4)[C@@H]3C2)cc1. The average Bonchev–Trinajstić information content (AvgIpc) is 3.20. The number of piperidine rings is 2. The van der Waals surface area contributed by atoms with Crippen LogP contribution in [-0.4, -0.2) is 62.3 Å². The van der Waals surface area contributed by atoms with Crippen molar-refractivity contribution in [2.45, 2.75) is 52.0 Å². The minimum atomic E-state index is 0.826. The molecule has 0 radical (unpaired) electrons. The molecule has 1 saturated carbocycles. The van der Waals surface area contributed by atoms with Gasteiger partial charge < -0.3 is 14.4 Å². The van der Waals surface area contributed by atoms with Crippen LogP contribution < -0.4 is 4.74 Å². The van der Waals surface area contributed by atoms with Gasteiger partial charge in [-0.1, -0.05) is 31.9 Å². The molecule has 0 N–H and O–H groups in total. The van der Waals surface area contributed by atoms with Gasteiger partial charge in [0, 0.05) is 32.8 Å². The van der Waals surface area contributed by atoms with E-state index in [-0.39, 0.29) is 0 Å². The lowest BCUT2D eigenvalue weighted by Crippen LogP contribution is -2.31. The maximum Gasteiger partial charge on any atom is 0.119 e. The van der Waals surface area contributed by atoms with Crippen LogP contribution in [0.4, 0.5) is 0 Å². The highest BCUT2D eigenvalue weighted by Gasteiger charge is 2.55. The van der Waals surface area contributed by atoms with Crippen molar-refractivity contribution in [2.24, 2.45) is 17.8 Å². The first-order valence-corrected chi connectivity index (χ1v) is 12.1. The Labute approximate surface area is 177 Å². The van der Waals surface area contributed by atoms with Gasteiger partial charge >= 0.3 is 0 Å². The topological polar surface area (TPSA) is 24.9 Å². The summed E-state index contributed by atoms with van der Waals surface area (Å²) in [6.45, 7) is 12.4. The fraction of sp³-hybridized carbons (Fsp3) is 0.760. The van der Waals surface area contributed by atoms with Crippen molar-refractivity contribution in [3.8, 4) is 5.75 Å². The molecule has 1 unspecified atom stereocenters. The van der Waals surface area contributed by atoms with Crippen LogP contribution in [0.15, 0.2) is 24.3 Å². The minimum Gasteiger partial charge on any atom is -0.494 e. The minimum absolute atomic E-state index is 0.826. The van der Waals surface area contributed by atoms with Gasteiger partial charge in [-0.05, 0) is 74.2 Å². The van der Waals surface area contributed by atoms with E-state index in [1.165, 1.54) is 70.4 Å². The van der Waals surface area contributed by atoms with E-state index in [1.807, 2.05) is 0 Å². The molecule has 1 aliphatic carbocycles. The Balaban J connectivity index is 1.06. The van der Waals surface area contributed by atoms with Gasteiger partial charge in [-0.3, -0.25) is 4.90 Å². The lowest BCUT2D eigenvalue weighted by atomic mass is 10.1. The molecule has 2 heterocycles. The van der Waals surface area contributed by atoms with Crippen molar-refractivity contribution in [2.75, 3.05) is 52.5 Å². The zero-order valence-corrected chi connectivity index (χ0v) is 18.4. The molecule has 0 spiro atoms. The Morgan fingerprint density at radius 3 is 2.38 bits per heavy atom. The van der Waals surface area contributed by atoms with E-state index in [4.69, 9.17) is 9.47 Å². The second-order valence-corrected chi connectivity index (χ2v) is 9.36. The number of hydrogen-bond acceptors (Lipinski definition) is 4. The quantitative estimate of drug-likeness (QED) is 0.485. The Morgan fingerprint density at radius 1 is 0.897 bits per heavy atom. The summed E-state index contributed by atoms with van der Waals surface area (Å²) in [5.74, 6) is 3.60. The van der Waals surface area contributed by atoms with Crippen molar-refractivity contribution in [1.29, 1.82) is 0 Å². The van der Waals surface area contributed by atoms with Crippen LogP contribution in [0.1, 0.15) is 51.0 Å². The smallest absolute Gasteiger partial charge is 0.119 e. The summed E-state index contributed by atoms with van der Waals surface area (Å²) < 4.78 is 11.8. The highest BCUT2D eigenvalue weighted by molar-refractivity contribution is 5.27. The third-order valence-electron chi connectivity index (χ3n) is 7.07. The molecule has 29 heavy (non-hydrogen) atoms.